The third-order valence-electron chi connectivity index (χ3n) is 3.88. The smallest absolute Gasteiger partial charge is 0.124 e. The largest absolute Gasteiger partial charge is 0.493 e. The molecule has 1 atom stereocenters. The highest BCUT2D eigenvalue weighted by Gasteiger charge is 2.20. The molecule has 1 aliphatic rings. The summed E-state index contributed by atoms with van der Waals surface area (Å²) in [5.41, 5.74) is 2.63. The van der Waals surface area contributed by atoms with Crippen molar-refractivity contribution < 1.29 is 9.13 Å². The van der Waals surface area contributed by atoms with Gasteiger partial charge in [0.25, 0.3) is 0 Å². The van der Waals surface area contributed by atoms with E-state index in [0.717, 1.165) is 29.7 Å². The first kappa shape index (κ1) is 14.6. The Morgan fingerprint density at radius 3 is 2.82 bits per heavy atom. The van der Waals surface area contributed by atoms with Crippen LogP contribution in [0.3, 0.4) is 0 Å². The summed E-state index contributed by atoms with van der Waals surface area (Å²) < 4.78 is 19.2. The highest BCUT2D eigenvalue weighted by atomic mass is 19.1. The van der Waals surface area contributed by atoms with E-state index in [1.54, 1.807) is 24.3 Å². The molecule has 0 fully saturated rings. The summed E-state index contributed by atoms with van der Waals surface area (Å²) in [4.78, 5) is 0. The van der Waals surface area contributed by atoms with Crippen LogP contribution in [0.2, 0.25) is 0 Å². The van der Waals surface area contributed by atoms with Crippen molar-refractivity contribution in [3.63, 3.8) is 0 Å². The van der Waals surface area contributed by atoms with Gasteiger partial charge >= 0.3 is 0 Å². The van der Waals surface area contributed by atoms with Crippen molar-refractivity contribution >= 4 is 0 Å². The van der Waals surface area contributed by atoms with Crippen molar-refractivity contribution in [2.75, 3.05) is 6.61 Å². The fourth-order valence-electron chi connectivity index (χ4n) is 2.70. The van der Waals surface area contributed by atoms with Crippen molar-refractivity contribution in [3.05, 3.63) is 65.0 Å². The first-order valence-electron chi connectivity index (χ1n) is 7.41. The fourth-order valence-corrected chi connectivity index (χ4v) is 2.70. The third kappa shape index (κ3) is 3.26. The van der Waals surface area contributed by atoms with E-state index in [1.807, 2.05) is 12.1 Å². The Labute approximate surface area is 129 Å². The van der Waals surface area contributed by atoms with Crippen LogP contribution < -0.4 is 10.1 Å². The zero-order valence-electron chi connectivity index (χ0n) is 12.2. The number of hydrogen-bond acceptors (Lipinski definition) is 3. The van der Waals surface area contributed by atoms with Crippen LogP contribution in [0.5, 0.6) is 5.75 Å². The predicted octanol–water partition coefficient (Wildman–Crippen LogP) is 3.70. The van der Waals surface area contributed by atoms with Gasteiger partial charge in [-0.1, -0.05) is 12.1 Å². The van der Waals surface area contributed by atoms with Crippen LogP contribution in [-0.4, -0.2) is 6.61 Å². The Balaban J connectivity index is 1.74. The Morgan fingerprint density at radius 2 is 2.05 bits per heavy atom. The van der Waals surface area contributed by atoms with Crippen LogP contribution in [0.1, 0.15) is 35.6 Å². The van der Waals surface area contributed by atoms with Crippen LogP contribution in [0, 0.1) is 17.1 Å². The molecule has 0 saturated heterocycles. The van der Waals surface area contributed by atoms with E-state index in [0.29, 0.717) is 18.7 Å². The molecule has 22 heavy (non-hydrogen) atoms. The van der Waals surface area contributed by atoms with Crippen LogP contribution in [0.25, 0.3) is 0 Å². The Bertz CT molecular complexity index is 691. The molecule has 2 aromatic rings. The van der Waals surface area contributed by atoms with E-state index >= 15 is 0 Å². The summed E-state index contributed by atoms with van der Waals surface area (Å²) in [6.07, 6.45) is 1.84. The Hall–Kier alpha value is -2.38. The molecule has 0 amide bonds. The Morgan fingerprint density at radius 1 is 1.23 bits per heavy atom. The summed E-state index contributed by atoms with van der Waals surface area (Å²) in [5.74, 6) is 0.519. The van der Waals surface area contributed by atoms with Gasteiger partial charge in [0.15, 0.2) is 0 Å². The molecule has 4 heteroatoms. The van der Waals surface area contributed by atoms with E-state index < -0.39 is 0 Å². The summed E-state index contributed by atoms with van der Waals surface area (Å²) >= 11 is 0. The van der Waals surface area contributed by atoms with Crippen molar-refractivity contribution in [3.8, 4) is 11.8 Å². The minimum Gasteiger partial charge on any atom is -0.493 e. The van der Waals surface area contributed by atoms with Gasteiger partial charge in [-0.25, -0.2) is 4.39 Å². The molecule has 0 unspecified atom stereocenters. The third-order valence-corrected chi connectivity index (χ3v) is 3.88. The van der Waals surface area contributed by atoms with Gasteiger partial charge in [0, 0.05) is 18.2 Å². The number of hydrogen-bond donors (Lipinski definition) is 1. The zero-order chi connectivity index (χ0) is 15.4. The molecule has 0 bridgehead atoms. The molecule has 0 saturated carbocycles. The molecule has 1 aliphatic heterocycles. The lowest BCUT2D eigenvalue weighted by Gasteiger charge is -2.18. The van der Waals surface area contributed by atoms with Crippen molar-refractivity contribution in [2.45, 2.75) is 25.4 Å². The number of ether oxygens (including phenoxy) is 1. The average molecular weight is 296 g/mol. The standard InChI is InChI=1S/C18H17FN2O/c19-15-7-8-18-16(10-15)17(2-1-9-22-18)21-12-14-5-3-13(11-20)4-6-14/h3-8,10,17,21H,1-2,9,12H2/t17-/m1/s1. The second kappa shape index (κ2) is 6.59. The molecule has 3 rings (SSSR count). The number of nitrogens with zero attached hydrogens (tertiary/aromatic N) is 1. The average Bonchev–Trinajstić information content (AvgIpc) is 2.75. The van der Waals surface area contributed by atoms with Gasteiger partial charge in [0.1, 0.15) is 11.6 Å². The van der Waals surface area contributed by atoms with Crippen LogP contribution >= 0.6 is 0 Å². The second-order valence-corrected chi connectivity index (χ2v) is 5.42. The monoisotopic (exact) mass is 296 g/mol. The van der Waals surface area contributed by atoms with Crippen LogP contribution in [0.4, 0.5) is 4.39 Å². The van der Waals surface area contributed by atoms with Gasteiger partial charge in [0.2, 0.25) is 0 Å². The number of rotatable bonds is 3. The lowest BCUT2D eigenvalue weighted by atomic mass is 10.0. The molecule has 3 nitrogen and oxygen atoms in total. The Kier molecular flexibility index (Phi) is 4.36. The molecular weight excluding hydrogens is 279 g/mol. The first-order chi connectivity index (χ1) is 10.8. The summed E-state index contributed by atoms with van der Waals surface area (Å²) in [6, 6.07) is 14.4. The number of halogens is 1. The molecule has 2 aromatic carbocycles. The van der Waals surface area contributed by atoms with Crippen LogP contribution in [-0.2, 0) is 6.54 Å². The van der Waals surface area contributed by atoms with Gasteiger partial charge in [-0.2, -0.15) is 5.26 Å². The quantitative estimate of drug-likeness (QED) is 0.939. The van der Waals surface area contributed by atoms with E-state index in [1.165, 1.54) is 6.07 Å². The topological polar surface area (TPSA) is 45.0 Å². The molecule has 112 valence electrons. The SMILES string of the molecule is N#Cc1ccc(CN[C@@H]2CCCOc3ccc(F)cc32)cc1. The minimum atomic E-state index is -0.241. The van der Waals surface area contributed by atoms with E-state index in [2.05, 4.69) is 11.4 Å². The molecular formula is C18H17FN2O. The normalized spacial score (nSPS) is 17.0. The summed E-state index contributed by atoms with van der Waals surface area (Å²) in [5, 5.41) is 12.3. The van der Waals surface area contributed by atoms with Gasteiger partial charge in [-0.3, -0.25) is 0 Å². The number of fused-ring (bicyclic) bond motifs is 1. The predicted molar refractivity (Wildman–Crippen MR) is 81.9 cm³/mol. The molecule has 0 aliphatic carbocycles. The maximum atomic E-state index is 13.5. The maximum absolute atomic E-state index is 13.5. The van der Waals surface area contributed by atoms with Gasteiger partial charge in [0.05, 0.1) is 18.2 Å². The number of nitrogens with one attached hydrogen (secondary N) is 1. The second-order valence-electron chi connectivity index (χ2n) is 5.42. The van der Waals surface area contributed by atoms with Gasteiger partial charge < -0.3 is 10.1 Å². The summed E-state index contributed by atoms with van der Waals surface area (Å²) in [7, 11) is 0. The van der Waals surface area contributed by atoms with Gasteiger partial charge in [-0.15, -0.1) is 0 Å². The van der Waals surface area contributed by atoms with E-state index in [9.17, 15) is 4.39 Å². The highest BCUT2D eigenvalue weighted by molar-refractivity contribution is 5.37. The molecule has 1 N–H and O–H groups in total. The molecule has 0 radical (unpaired) electrons. The minimum absolute atomic E-state index is 0.0730. The zero-order valence-corrected chi connectivity index (χ0v) is 12.2. The van der Waals surface area contributed by atoms with E-state index in [-0.39, 0.29) is 11.9 Å². The highest BCUT2D eigenvalue weighted by Crippen LogP contribution is 2.32. The lowest BCUT2D eigenvalue weighted by Crippen LogP contribution is -2.20. The summed E-state index contributed by atoms with van der Waals surface area (Å²) in [6.45, 7) is 1.33. The van der Waals surface area contributed by atoms with E-state index in [4.69, 9.17) is 10.00 Å². The number of benzene rings is 2. The molecule has 0 aromatic heterocycles. The lowest BCUT2D eigenvalue weighted by molar-refractivity contribution is 0.315. The van der Waals surface area contributed by atoms with Crippen LogP contribution in [0.15, 0.2) is 42.5 Å². The van der Waals surface area contributed by atoms with Gasteiger partial charge in [-0.05, 0) is 48.7 Å². The molecule has 1 heterocycles. The first-order valence-corrected chi connectivity index (χ1v) is 7.41. The maximum Gasteiger partial charge on any atom is 0.124 e. The van der Waals surface area contributed by atoms with Crippen molar-refractivity contribution in [2.24, 2.45) is 0 Å². The number of nitriles is 1. The molecule has 0 spiro atoms. The fraction of sp³-hybridized carbons (Fsp3) is 0.278. The van der Waals surface area contributed by atoms with Crippen molar-refractivity contribution in [1.29, 1.82) is 5.26 Å². The van der Waals surface area contributed by atoms with Crippen molar-refractivity contribution in [1.82, 2.24) is 5.32 Å².